The van der Waals surface area contributed by atoms with E-state index in [9.17, 15) is 0 Å². The van der Waals surface area contributed by atoms with Gasteiger partial charge in [0, 0.05) is 0 Å². The van der Waals surface area contributed by atoms with Gasteiger partial charge >= 0.3 is 0 Å². The first-order valence-corrected chi connectivity index (χ1v) is 4.11. The predicted octanol–water partition coefficient (Wildman–Crippen LogP) is 2.51. The lowest BCUT2D eigenvalue weighted by atomic mass is 9.80. The van der Waals surface area contributed by atoms with Crippen molar-refractivity contribution in [1.82, 2.24) is 0 Å². The number of hydrogen-bond donors (Lipinski definition) is 0. The highest BCUT2D eigenvalue weighted by molar-refractivity contribution is 5.30. The van der Waals surface area contributed by atoms with Crippen LogP contribution in [-0.2, 0) is 0 Å². The fourth-order valence-electron chi connectivity index (χ4n) is 3.09. The standard InChI is InChI=1S/C9H12/c1-6-2-8-4-7(1)5-9(8)3-6/h6-7H,1-5H2. The summed E-state index contributed by atoms with van der Waals surface area (Å²) in [7, 11) is 0. The second kappa shape index (κ2) is 1.25. The van der Waals surface area contributed by atoms with Gasteiger partial charge in [0.05, 0.1) is 0 Å². The molecule has 0 saturated heterocycles. The van der Waals surface area contributed by atoms with Crippen LogP contribution in [0.15, 0.2) is 11.1 Å². The van der Waals surface area contributed by atoms with E-state index in [1.54, 1.807) is 6.42 Å². The zero-order valence-electron chi connectivity index (χ0n) is 5.69. The molecule has 0 nitrogen and oxygen atoms in total. The monoisotopic (exact) mass is 120 g/mol. The molecule has 4 aliphatic rings. The van der Waals surface area contributed by atoms with E-state index < -0.39 is 0 Å². The highest BCUT2D eigenvalue weighted by Crippen LogP contribution is 2.53. The van der Waals surface area contributed by atoms with Gasteiger partial charge in [-0.15, -0.1) is 0 Å². The summed E-state index contributed by atoms with van der Waals surface area (Å²) >= 11 is 0. The second-order valence-corrected chi connectivity index (χ2v) is 3.99. The van der Waals surface area contributed by atoms with Crippen LogP contribution in [0.1, 0.15) is 32.1 Å². The summed E-state index contributed by atoms with van der Waals surface area (Å²) in [5, 5.41) is 0. The van der Waals surface area contributed by atoms with Crippen LogP contribution < -0.4 is 0 Å². The molecule has 0 radical (unpaired) electrons. The lowest BCUT2D eigenvalue weighted by Gasteiger charge is -2.25. The van der Waals surface area contributed by atoms with Gasteiger partial charge in [-0.2, -0.15) is 0 Å². The fraction of sp³-hybridized carbons (Fsp3) is 0.778. The first-order valence-electron chi connectivity index (χ1n) is 4.11. The zero-order chi connectivity index (χ0) is 5.84. The molecule has 0 spiro atoms. The van der Waals surface area contributed by atoms with Crippen molar-refractivity contribution in [2.24, 2.45) is 11.8 Å². The van der Waals surface area contributed by atoms with Gasteiger partial charge < -0.3 is 0 Å². The highest BCUT2D eigenvalue weighted by Gasteiger charge is 2.38. The van der Waals surface area contributed by atoms with Gasteiger partial charge in [0.1, 0.15) is 0 Å². The van der Waals surface area contributed by atoms with Gasteiger partial charge in [-0.25, -0.2) is 0 Å². The molecule has 0 aliphatic heterocycles. The topological polar surface area (TPSA) is 0 Å². The van der Waals surface area contributed by atoms with Crippen molar-refractivity contribution in [2.75, 3.05) is 0 Å². The molecule has 9 heavy (non-hydrogen) atoms. The van der Waals surface area contributed by atoms with Crippen LogP contribution in [-0.4, -0.2) is 0 Å². The minimum Gasteiger partial charge on any atom is -0.0704 e. The minimum atomic E-state index is 1.11. The Balaban J connectivity index is 2.11. The Morgan fingerprint density at radius 3 is 1.56 bits per heavy atom. The summed E-state index contributed by atoms with van der Waals surface area (Å²) in [6.07, 6.45) is 7.53. The summed E-state index contributed by atoms with van der Waals surface area (Å²) < 4.78 is 0. The van der Waals surface area contributed by atoms with Crippen LogP contribution in [0.2, 0.25) is 0 Å². The third-order valence-electron chi connectivity index (χ3n) is 3.31. The van der Waals surface area contributed by atoms with Gasteiger partial charge in [-0.05, 0) is 43.9 Å². The first kappa shape index (κ1) is 4.54. The molecule has 0 heteroatoms. The van der Waals surface area contributed by atoms with Crippen LogP contribution in [0.25, 0.3) is 0 Å². The third-order valence-corrected chi connectivity index (χ3v) is 3.31. The average molecular weight is 120 g/mol. The van der Waals surface area contributed by atoms with Crippen molar-refractivity contribution in [3.05, 3.63) is 11.1 Å². The quantitative estimate of drug-likeness (QED) is 0.431. The van der Waals surface area contributed by atoms with Crippen LogP contribution >= 0.6 is 0 Å². The Bertz CT molecular complexity index is 152. The van der Waals surface area contributed by atoms with Gasteiger partial charge in [0.2, 0.25) is 0 Å². The molecule has 0 aromatic rings. The number of rotatable bonds is 0. The Kier molecular flexibility index (Phi) is 0.633. The molecule has 0 unspecified atom stereocenters. The maximum Gasteiger partial charge on any atom is -0.0286 e. The molecule has 4 bridgehead atoms. The molecular weight excluding hydrogens is 108 g/mol. The van der Waals surface area contributed by atoms with Gasteiger partial charge in [-0.1, -0.05) is 11.1 Å². The van der Waals surface area contributed by atoms with E-state index in [0.717, 1.165) is 11.8 Å². The van der Waals surface area contributed by atoms with Crippen molar-refractivity contribution in [2.45, 2.75) is 32.1 Å². The van der Waals surface area contributed by atoms with Crippen molar-refractivity contribution >= 4 is 0 Å². The van der Waals surface area contributed by atoms with Crippen LogP contribution in [0, 0.1) is 11.8 Å². The molecule has 0 heterocycles. The van der Waals surface area contributed by atoms with Crippen LogP contribution in [0.3, 0.4) is 0 Å². The van der Waals surface area contributed by atoms with E-state index in [2.05, 4.69) is 0 Å². The summed E-state index contributed by atoms with van der Waals surface area (Å²) in [6.45, 7) is 0. The Hall–Kier alpha value is -0.260. The maximum atomic E-state index is 1.87. The fourth-order valence-corrected chi connectivity index (χ4v) is 3.09. The van der Waals surface area contributed by atoms with E-state index in [1.165, 1.54) is 25.7 Å². The van der Waals surface area contributed by atoms with Gasteiger partial charge in [0.15, 0.2) is 0 Å². The van der Waals surface area contributed by atoms with E-state index in [4.69, 9.17) is 0 Å². The Morgan fingerprint density at radius 2 is 1.22 bits per heavy atom. The molecule has 4 rings (SSSR count). The largest absolute Gasteiger partial charge is 0.0704 e. The lowest BCUT2D eigenvalue weighted by molar-refractivity contribution is 0.321. The van der Waals surface area contributed by atoms with Gasteiger partial charge in [0.25, 0.3) is 0 Å². The smallest absolute Gasteiger partial charge is 0.0286 e. The molecule has 0 N–H and O–H groups in total. The zero-order valence-corrected chi connectivity index (χ0v) is 5.69. The summed E-state index contributed by atoms with van der Waals surface area (Å²) in [5.74, 6) is 2.23. The SMILES string of the molecule is C1C2=C3CC1CC(C2)C3. The molecule has 4 aliphatic carbocycles. The van der Waals surface area contributed by atoms with E-state index >= 15 is 0 Å². The van der Waals surface area contributed by atoms with Crippen molar-refractivity contribution < 1.29 is 0 Å². The molecule has 2 fully saturated rings. The molecule has 0 aromatic heterocycles. The third kappa shape index (κ3) is 0.452. The molecule has 2 saturated carbocycles. The molecule has 0 amide bonds. The first-order chi connectivity index (χ1) is 4.42. The minimum absolute atomic E-state index is 1.11. The summed E-state index contributed by atoms with van der Waals surface area (Å²) in [6, 6.07) is 0. The van der Waals surface area contributed by atoms with E-state index in [-0.39, 0.29) is 0 Å². The normalized spacial score (nSPS) is 45.3. The van der Waals surface area contributed by atoms with E-state index in [0.29, 0.717) is 0 Å². The summed E-state index contributed by atoms with van der Waals surface area (Å²) in [4.78, 5) is 0. The maximum absolute atomic E-state index is 1.87. The Morgan fingerprint density at radius 1 is 0.778 bits per heavy atom. The molecular formula is C9H12. The predicted molar refractivity (Wildman–Crippen MR) is 37.1 cm³/mol. The summed E-state index contributed by atoms with van der Waals surface area (Å²) in [5.41, 5.74) is 3.74. The van der Waals surface area contributed by atoms with Crippen molar-refractivity contribution in [3.63, 3.8) is 0 Å². The average Bonchev–Trinajstić information content (AvgIpc) is 2.20. The lowest BCUT2D eigenvalue weighted by Crippen LogP contribution is -2.13. The Labute approximate surface area is 56.0 Å². The van der Waals surface area contributed by atoms with Crippen LogP contribution in [0.4, 0.5) is 0 Å². The van der Waals surface area contributed by atoms with Crippen molar-refractivity contribution in [3.8, 4) is 0 Å². The van der Waals surface area contributed by atoms with Crippen molar-refractivity contribution in [1.29, 1.82) is 0 Å². The van der Waals surface area contributed by atoms with E-state index in [1.807, 2.05) is 11.1 Å². The van der Waals surface area contributed by atoms with Crippen LogP contribution in [0.5, 0.6) is 0 Å². The second-order valence-electron chi connectivity index (χ2n) is 3.99. The molecule has 0 aromatic carbocycles. The highest BCUT2D eigenvalue weighted by atomic mass is 14.4. The molecule has 0 atom stereocenters. The van der Waals surface area contributed by atoms with Gasteiger partial charge in [-0.3, -0.25) is 0 Å². The molecule has 48 valence electrons. The number of allylic oxidation sites excluding steroid dienone is 2. The number of hydrogen-bond acceptors (Lipinski definition) is 0.